The highest BCUT2D eigenvalue weighted by Gasteiger charge is 2.20. The third kappa shape index (κ3) is 5.80. The molecule has 0 saturated heterocycles. The summed E-state index contributed by atoms with van der Waals surface area (Å²) in [5.41, 5.74) is 3.03. The Labute approximate surface area is 201 Å². The Bertz CT molecular complexity index is 1410. The highest BCUT2D eigenvalue weighted by Crippen LogP contribution is 2.28. The first-order chi connectivity index (χ1) is 16.9. The second kappa shape index (κ2) is 10.5. The summed E-state index contributed by atoms with van der Waals surface area (Å²) in [6, 6.07) is 22.2. The summed E-state index contributed by atoms with van der Waals surface area (Å²) in [5, 5.41) is 27.3. The van der Waals surface area contributed by atoms with Crippen molar-refractivity contribution in [3.8, 4) is 16.9 Å². The van der Waals surface area contributed by atoms with Crippen LogP contribution in [-0.2, 0) is 14.4 Å². The van der Waals surface area contributed by atoms with Gasteiger partial charge < -0.3 is 15.5 Å². The Morgan fingerprint density at radius 3 is 2.37 bits per heavy atom. The topological polar surface area (TPSA) is 122 Å². The summed E-state index contributed by atoms with van der Waals surface area (Å²) < 4.78 is 1.72. The van der Waals surface area contributed by atoms with Gasteiger partial charge in [-0.25, -0.2) is 9.48 Å². The predicted octanol–water partition coefficient (Wildman–Crippen LogP) is 4.14. The number of hydrogen-bond donors (Lipinski definition) is 3. The van der Waals surface area contributed by atoms with Crippen molar-refractivity contribution < 1.29 is 24.6 Å². The van der Waals surface area contributed by atoms with Crippen LogP contribution >= 0.6 is 0 Å². The van der Waals surface area contributed by atoms with E-state index in [1.165, 1.54) is 6.08 Å². The number of carbonyl (C=O) groups is 3. The van der Waals surface area contributed by atoms with Gasteiger partial charge in [-0.1, -0.05) is 54.6 Å². The van der Waals surface area contributed by atoms with Crippen LogP contribution in [0.25, 0.3) is 33.8 Å². The molecule has 0 aliphatic rings. The van der Waals surface area contributed by atoms with E-state index in [0.717, 1.165) is 22.0 Å². The van der Waals surface area contributed by atoms with E-state index in [1.54, 1.807) is 17.0 Å². The van der Waals surface area contributed by atoms with Crippen molar-refractivity contribution in [3.63, 3.8) is 0 Å². The molecule has 0 saturated carbocycles. The second-order valence-corrected chi connectivity index (χ2v) is 7.94. The number of nitrogens with one attached hydrogen (secondary N) is 1. The summed E-state index contributed by atoms with van der Waals surface area (Å²) in [6.07, 6.45) is 4.02. The minimum Gasteiger partial charge on any atom is -0.481 e. The molecule has 0 aliphatic heterocycles. The van der Waals surface area contributed by atoms with E-state index in [0.29, 0.717) is 11.3 Å². The smallest absolute Gasteiger partial charge is 0.326 e. The van der Waals surface area contributed by atoms with E-state index >= 15 is 0 Å². The van der Waals surface area contributed by atoms with Crippen LogP contribution in [0.1, 0.15) is 18.4 Å². The van der Waals surface area contributed by atoms with Crippen molar-refractivity contribution in [2.75, 3.05) is 0 Å². The normalized spacial score (nSPS) is 12.0. The maximum atomic E-state index is 12.4. The van der Waals surface area contributed by atoms with E-state index in [1.807, 2.05) is 72.8 Å². The van der Waals surface area contributed by atoms with E-state index in [4.69, 9.17) is 10.2 Å². The number of carboxylic acids is 2. The summed E-state index contributed by atoms with van der Waals surface area (Å²) in [7, 11) is 0. The first kappa shape index (κ1) is 23.4. The fourth-order valence-electron chi connectivity index (χ4n) is 3.69. The fourth-order valence-corrected chi connectivity index (χ4v) is 3.69. The van der Waals surface area contributed by atoms with Crippen molar-refractivity contribution in [2.24, 2.45) is 0 Å². The number of para-hydroxylation sites is 1. The van der Waals surface area contributed by atoms with Crippen molar-refractivity contribution in [3.05, 3.63) is 90.6 Å². The van der Waals surface area contributed by atoms with Crippen LogP contribution in [0.15, 0.2) is 85.1 Å². The highest BCUT2D eigenvalue weighted by molar-refractivity contribution is 5.95. The lowest BCUT2D eigenvalue weighted by atomic mass is 10.0. The van der Waals surface area contributed by atoms with Gasteiger partial charge in [0.1, 0.15) is 6.04 Å². The van der Waals surface area contributed by atoms with Crippen LogP contribution in [0, 0.1) is 0 Å². The summed E-state index contributed by atoms with van der Waals surface area (Å²) in [4.78, 5) is 34.6. The van der Waals surface area contributed by atoms with Crippen molar-refractivity contribution in [2.45, 2.75) is 18.9 Å². The van der Waals surface area contributed by atoms with Crippen LogP contribution in [-0.4, -0.2) is 43.9 Å². The number of benzene rings is 3. The Hall–Kier alpha value is -4.72. The first-order valence-electron chi connectivity index (χ1n) is 11.0. The molecule has 0 aliphatic carbocycles. The number of rotatable bonds is 9. The zero-order valence-electron chi connectivity index (χ0n) is 18.7. The highest BCUT2D eigenvalue weighted by atomic mass is 16.4. The molecule has 8 nitrogen and oxygen atoms in total. The molecule has 1 unspecified atom stereocenters. The number of aliphatic carboxylic acids is 2. The summed E-state index contributed by atoms with van der Waals surface area (Å²) in [5.74, 6) is -3.06. The number of aromatic nitrogens is 2. The third-order valence-electron chi connectivity index (χ3n) is 5.46. The van der Waals surface area contributed by atoms with Crippen molar-refractivity contribution >= 4 is 34.7 Å². The van der Waals surface area contributed by atoms with Crippen LogP contribution in [0.4, 0.5) is 0 Å². The molecule has 3 N–H and O–H groups in total. The lowest BCUT2D eigenvalue weighted by Gasteiger charge is -2.11. The molecular formula is C27H23N3O5. The van der Waals surface area contributed by atoms with Gasteiger partial charge in [0.25, 0.3) is 0 Å². The Morgan fingerprint density at radius 2 is 1.66 bits per heavy atom. The average molecular weight is 469 g/mol. The summed E-state index contributed by atoms with van der Waals surface area (Å²) in [6.45, 7) is 0. The second-order valence-electron chi connectivity index (χ2n) is 7.94. The zero-order chi connectivity index (χ0) is 24.8. The van der Waals surface area contributed by atoms with Gasteiger partial charge in [0.2, 0.25) is 5.91 Å². The molecular weight excluding hydrogens is 446 g/mol. The van der Waals surface area contributed by atoms with Crippen LogP contribution in [0.2, 0.25) is 0 Å². The largest absolute Gasteiger partial charge is 0.481 e. The standard InChI is InChI=1S/C27H23N3O5/c31-24(28-23(27(34)35)13-15-25(32)33)14-12-21-17-30(22-8-2-1-3-9-22)29-26(21)20-11-10-18-6-4-5-7-19(18)16-20/h1-12,14,16-17,23H,13,15H2,(H,28,31)(H,32,33)(H,34,35)/b14-12+. The molecule has 0 bridgehead atoms. The molecule has 4 rings (SSSR count). The van der Waals surface area contributed by atoms with Gasteiger partial charge in [-0.3, -0.25) is 9.59 Å². The molecule has 4 aromatic rings. The zero-order valence-corrected chi connectivity index (χ0v) is 18.7. The molecule has 8 heteroatoms. The molecule has 176 valence electrons. The summed E-state index contributed by atoms with van der Waals surface area (Å²) >= 11 is 0. The quantitative estimate of drug-likeness (QED) is 0.317. The molecule has 0 fully saturated rings. The maximum absolute atomic E-state index is 12.4. The predicted molar refractivity (Wildman–Crippen MR) is 132 cm³/mol. The molecule has 0 spiro atoms. The van der Waals surface area contributed by atoms with Gasteiger partial charge in [0, 0.05) is 29.8 Å². The number of hydrogen-bond acceptors (Lipinski definition) is 4. The van der Waals surface area contributed by atoms with E-state index in [2.05, 4.69) is 5.32 Å². The lowest BCUT2D eigenvalue weighted by molar-refractivity contribution is -0.142. The maximum Gasteiger partial charge on any atom is 0.326 e. The van der Waals surface area contributed by atoms with Gasteiger partial charge in [-0.2, -0.15) is 5.10 Å². The minimum atomic E-state index is -1.30. The molecule has 1 amide bonds. The molecule has 1 heterocycles. The lowest BCUT2D eigenvalue weighted by Crippen LogP contribution is -2.40. The Morgan fingerprint density at radius 1 is 0.943 bits per heavy atom. The SMILES string of the molecule is O=C(O)CCC(NC(=O)/C=C/c1cn(-c2ccccc2)nc1-c1ccc2ccccc2c1)C(=O)O. The van der Waals surface area contributed by atoms with Crippen LogP contribution in [0.5, 0.6) is 0 Å². The number of nitrogens with zero attached hydrogens (tertiary/aromatic N) is 2. The molecule has 1 atom stereocenters. The number of carbonyl (C=O) groups excluding carboxylic acids is 1. The first-order valence-corrected chi connectivity index (χ1v) is 11.0. The van der Waals surface area contributed by atoms with Gasteiger partial charge in [0.05, 0.1) is 11.4 Å². The fraction of sp³-hybridized carbons (Fsp3) is 0.111. The van der Waals surface area contributed by atoms with Gasteiger partial charge in [-0.05, 0) is 41.5 Å². The van der Waals surface area contributed by atoms with E-state index in [9.17, 15) is 19.5 Å². The van der Waals surface area contributed by atoms with Crippen molar-refractivity contribution in [1.82, 2.24) is 15.1 Å². The number of carboxylic acid groups (broad SMARTS) is 2. The van der Waals surface area contributed by atoms with Crippen molar-refractivity contribution in [1.29, 1.82) is 0 Å². The minimum absolute atomic E-state index is 0.210. The average Bonchev–Trinajstić information content (AvgIpc) is 3.29. The number of amides is 1. The van der Waals surface area contributed by atoms with Crippen LogP contribution in [0.3, 0.4) is 0 Å². The molecule has 35 heavy (non-hydrogen) atoms. The van der Waals surface area contributed by atoms with Gasteiger partial charge >= 0.3 is 11.9 Å². The Kier molecular flexibility index (Phi) is 7.02. The van der Waals surface area contributed by atoms with Crippen LogP contribution < -0.4 is 5.32 Å². The third-order valence-corrected chi connectivity index (χ3v) is 5.46. The molecule has 3 aromatic carbocycles. The molecule has 1 aromatic heterocycles. The monoisotopic (exact) mass is 469 g/mol. The van der Waals surface area contributed by atoms with E-state index in [-0.39, 0.29) is 12.8 Å². The van der Waals surface area contributed by atoms with Gasteiger partial charge in [-0.15, -0.1) is 0 Å². The van der Waals surface area contributed by atoms with Gasteiger partial charge in [0.15, 0.2) is 0 Å². The molecule has 0 radical (unpaired) electrons. The number of fused-ring (bicyclic) bond motifs is 1. The Balaban J connectivity index is 1.65. The van der Waals surface area contributed by atoms with E-state index < -0.39 is 23.9 Å².